The van der Waals surface area contributed by atoms with Crippen LogP contribution in [0.5, 0.6) is 0 Å². The highest BCUT2D eigenvalue weighted by molar-refractivity contribution is 14.1. The molecule has 0 saturated heterocycles. The van der Waals surface area contributed by atoms with E-state index in [2.05, 4.69) is 10.3 Å². The van der Waals surface area contributed by atoms with Gasteiger partial charge in [0.1, 0.15) is 0 Å². The summed E-state index contributed by atoms with van der Waals surface area (Å²) < 4.78 is 7.25. The summed E-state index contributed by atoms with van der Waals surface area (Å²) in [7, 11) is 1.67. The number of ether oxygens (including phenoxy) is 1. The van der Waals surface area contributed by atoms with Crippen molar-refractivity contribution >= 4 is 22.6 Å². The van der Waals surface area contributed by atoms with Crippen molar-refractivity contribution < 1.29 is 4.74 Å². The highest BCUT2D eigenvalue weighted by Crippen LogP contribution is 1.92. The standard InChI is InChI=1S/C10H16IN3O2/c1-8(6-16-2)13-3-4-14-7-12-5-9(11)10(14)15/h5,7-8,13H,3-4,6H2,1-2H3. The van der Waals surface area contributed by atoms with Crippen molar-refractivity contribution in [2.45, 2.75) is 19.5 Å². The second-order valence-corrected chi connectivity index (χ2v) is 4.71. The van der Waals surface area contributed by atoms with E-state index in [0.717, 1.165) is 6.54 Å². The lowest BCUT2D eigenvalue weighted by Crippen LogP contribution is -2.35. The van der Waals surface area contributed by atoms with E-state index >= 15 is 0 Å². The van der Waals surface area contributed by atoms with Crippen LogP contribution < -0.4 is 10.9 Å². The molecule has 0 saturated carbocycles. The summed E-state index contributed by atoms with van der Waals surface area (Å²) in [6.45, 7) is 4.06. The first-order valence-corrected chi connectivity index (χ1v) is 6.15. The van der Waals surface area contributed by atoms with Gasteiger partial charge in [-0.05, 0) is 29.5 Å². The van der Waals surface area contributed by atoms with Gasteiger partial charge in [-0.1, -0.05) is 0 Å². The van der Waals surface area contributed by atoms with Gasteiger partial charge in [-0.3, -0.25) is 9.36 Å². The normalized spacial score (nSPS) is 12.7. The highest BCUT2D eigenvalue weighted by Gasteiger charge is 2.02. The van der Waals surface area contributed by atoms with E-state index in [0.29, 0.717) is 16.7 Å². The zero-order chi connectivity index (χ0) is 12.0. The van der Waals surface area contributed by atoms with Crippen LogP contribution in [0.2, 0.25) is 0 Å². The monoisotopic (exact) mass is 337 g/mol. The van der Waals surface area contributed by atoms with Gasteiger partial charge in [0, 0.05) is 32.4 Å². The summed E-state index contributed by atoms with van der Waals surface area (Å²) in [5.74, 6) is 0. The van der Waals surface area contributed by atoms with E-state index in [-0.39, 0.29) is 11.6 Å². The van der Waals surface area contributed by atoms with Gasteiger partial charge >= 0.3 is 0 Å². The Labute approximate surface area is 108 Å². The lowest BCUT2D eigenvalue weighted by molar-refractivity contribution is 0.172. The van der Waals surface area contributed by atoms with E-state index in [4.69, 9.17) is 4.74 Å². The van der Waals surface area contributed by atoms with Crippen molar-refractivity contribution in [1.29, 1.82) is 0 Å². The Balaban J connectivity index is 2.43. The minimum atomic E-state index is 0.0109. The highest BCUT2D eigenvalue weighted by atomic mass is 127. The second-order valence-electron chi connectivity index (χ2n) is 3.55. The molecule has 0 spiro atoms. The zero-order valence-electron chi connectivity index (χ0n) is 9.44. The van der Waals surface area contributed by atoms with Gasteiger partial charge in [0.25, 0.3) is 5.56 Å². The van der Waals surface area contributed by atoms with E-state index in [9.17, 15) is 4.79 Å². The third-order valence-electron chi connectivity index (χ3n) is 2.12. The molecule has 0 aliphatic carbocycles. The molecule has 1 heterocycles. The van der Waals surface area contributed by atoms with E-state index < -0.39 is 0 Å². The lowest BCUT2D eigenvalue weighted by Gasteiger charge is -2.13. The van der Waals surface area contributed by atoms with Crippen LogP contribution in [0, 0.1) is 3.57 Å². The summed E-state index contributed by atoms with van der Waals surface area (Å²) in [5, 5.41) is 3.26. The van der Waals surface area contributed by atoms with Gasteiger partial charge in [0.2, 0.25) is 0 Å². The second kappa shape index (κ2) is 6.97. The van der Waals surface area contributed by atoms with Crippen molar-refractivity contribution in [2.24, 2.45) is 0 Å². The van der Waals surface area contributed by atoms with Crippen LogP contribution in [-0.4, -0.2) is 35.9 Å². The fourth-order valence-electron chi connectivity index (χ4n) is 1.32. The molecule has 1 rings (SSSR count). The van der Waals surface area contributed by atoms with Crippen LogP contribution >= 0.6 is 22.6 Å². The maximum Gasteiger partial charge on any atom is 0.266 e. The Morgan fingerprint density at radius 2 is 2.44 bits per heavy atom. The van der Waals surface area contributed by atoms with Crippen LogP contribution in [0.4, 0.5) is 0 Å². The molecule has 0 aliphatic heterocycles. The van der Waals surface area contributed by atoms with Gasteiger partial charge in [0.15, 0.2) is 0 Å². The van der Waals surface area contributed by atoms with Crippen molar-refractivity contribution in [1.82, 2.24) is 14.9 Å². The summed E-state index contributed by atoms with van der Waals surface area (Å²) >= 11 is 1.99. The summed E-state index contributed by atoms with van der Waals surface area (Å²) in [6.07, 6.45) is 3.13. The maximum atomic E-state index is 11.6. The first kappa shape index (κ1) is 13.6. The van der Waals surface area contributed by atoms with Crippen LogP contribution in [0.3, 0.4) is 0 Å². The summed E-state index contributed by atoms with van der Waals surface area (Å²) in [5.41, 5.74) is 0.0109. The van der Waals surface area contributed by atoms with Gasteiger partial charge in [-0.2, -0.15) is 0 Å². The van der Waals surface area contributed by atoms with E-state index in [1.54, 1.807) is 24.2 Å². The fraction of sp³-hybridized carbons (Fsp3) is 0.600. The average Bonchev–Trinajstić information content (AvgIpc) is 2.25. The number of nitrogens with one attached hydrogen (secondary N) is 1. The molecule has 0 aromatic carbocycles. The molecule has 5 nitrogen and oxygen atoms in total. The molecular formula is C10H16IN3O2. The topological polar surface area (TPSA) is 56.1 Å². The molecule has 1 atom stereocenters. The van der Waals surface area contributed by atoms with Crippen LogP contribution in [-0.2, 0) is 11.3 Å². The Morgan fingerprint density at radius 3 is 3.12 bits per heavy atom. The van der Waals surface area contributed by atoms with E-state index in [1.165, 1.54) is 0 Å². The summed E-state index contributed by atoms with van der Waals surface area (Å²) in [4.78, 5) is 15.6. The molecule has 1 aromatic heterocycles. The van der Waals surface area contributed by atoms with Gasteiger partial charge in [-0.15, -0.1) is 0 Å². The number of halogens is 1. The van der Waals surface area contributed by atoms with Crippen molar-refractivity contribution in [2.75, 3.05) is 20.3 Å². The van der Waals surface area contributed by atoms with Crippen LogP contribution in [0.25, 0.3) is 0 Å². The average molecular weight is 337 g/mol. The predicted octanol–water partition coefficient (Wildman–Crippen LogP) is 0.472. The Kier molecular flexibility index (Phi) is 5.93. The number of hydrogen-bond donors (Lipinski definition) is 1. The molecule has 0 aliphatic rings. The predicted molar refractivity (Wildman–Crippen MR) is 70.6 cm³/mol. The number of hydrogen-bond acceptors (Lipinski definition) is 4. The molecule has 1 unspecified atom stereocenters. The molecule has 0 amide bonds. The minimum Gasteiger partial charge on any atom is -0.383 e. The van der Waals surface area contributed by atoms with Gasteiger partial charge in [-0.25, -0.2) is 4.98 Å². The minimum absolute atomic E-state index is 0.0109. The Morgan fingerprint density at radius 1 is 1.69 bits per heavy atom. The van der Waals surface area contributed by atoms with Crippen LogP contribution in [0.1, 0.15) is 6.92 Å². The Bertz CT molecular complexity index is 381. The first-order valence-electron chi connectivity index (χ1n) is 5.07. The molecule has 16 heavy (non-hydrogen) atoms. The number of nitrogens with zero attached hydrogens (tertiary/aromatic N) is 2. The van der Waals surface area contributed by atoms with Crippen molar-refractivity contribution in [3.8, 4) is 0 Å². The maximum absolute atomic E-state index is 11.6. The SMILES string of the molecule is COCC(C)NCCn1cncc(I)c1=O. The van der Waals surface area contributed by atoms with Gasteiger partial charge in [0.05, 0.1) is 16.5 Å². The van der Waals surface area contributed by atoms with Crippen molar-refractivity contribution in [3.05, 3.63) is 26.4 Å². The fourth-order valence-corrected chi connectivity index (χ4v) is 1.79. The Hall–Kier alpha value is -0.470. The smallest absolute Gasteiger partial charge is 0.266 e. The summed E-state index contributed by atoms with van der Waals surface area (Å²) in [6, 6.07) is 0.288. The number of methoxy groups -OCH3 is 1. The largest absolute Gasteiger partial charge is 0.383 e. The molecule has 0 radical (unpaired) electrons. The quantitative estimate of drug-likeness (QED) is 0.767. The third kappa shape index (κ3) is 4.18. The van der Waals surface area contributed by atoms with Crippen LogP contribution in [0.15, 0.2) is 17.3 Å². The van der Waals surface area contributed by atoms with Crippen molar-refractivity contribution in [3.63, 3.8) is 0 Å². The number of aromatic nitrogens is 2. The molecule has 0 fully saturated rings. The molecule has 1 N–H and O–H groups in total. The molecule has 1 aromatic rings. The lowest BCUT2D eigenvalue weighted by atomic mass is 10.3. The van der Waals surface area contributed by atoms with E-state index in [1.807, 2.05) is 29.5 Å². The zero-order valence-corrected chi connectivity index (χ0v) is 11.6. The third-order valence-corrected chi connectivity index (χ3v) is 2.86. The molecule has 6 heteroatoms. The molecule has 90 valence electrons. The first-order chi connectivity index (χ1) is 7.65. The molecular weight excluding hydrogens is 321 g/mol. The molecule has 0 bridgehead atoms. The number of rotatable bonds is 6. The van der Waals surface area contributed by atoms with Gasteiger partial charge < -0.3 is 10.1 Å².